The Morgan fingerprint density at radius 3 is 2.90 bits per heavy atom. The predicted molar refractivity (Wildman–Crippen MR) is 80.2 cm³/mol. The van der Waals surface area contributed by atoms with Crippen LogP contribution >= 0.6 is 0 Å². The standard InChI is InChI=1S/C15H21N5O/c1-3-17-15(2)5-9-19(10-6-15)14(21)12-11-18-20-8-4-7-16-13(12)20/h4,7-8,11,17H,3,5-6,9-10H2,1-2H3. The monoisotopic (exact) mass is 287 g/mol. The van der Waals surface area contributed by atoms with Gasteiger partial charge in [0.05, 0.1) is 6.20 Å². The number of aromatic nitrogens is 3. The van der Waals surface area contributed by atoms with E-state index in [0.717, 1.165) is 32.5 Å². The first-order valence-corrected chi connectivity index (χ1v) is 7.46. The van der Waals surface area contributed by atoms with Gasteiger partial charge in [-0.2, -0.15) is 5.10 Å². The molecule has 6 heteroatoms. The molecular formula is C15H21N5O. The minimum absolute atomic E-state index is 0.0299. The van der Waals surface area contributed by atoms with Crippen molar-refractivity contribution in [2.75, 3.05) is 19.6 Å². The van der Waals surface area contributed by atoms with Crippen LogP contribution in [0, 0.1) is 0 Å². The molecule has 1 aliphatic rings. The van der Waals surface area contributed by atoms with E-state index in [9.17, 15) is 4.79 Å². The van der Waals surface area contributed by atoms with Crippen LogP contribution < -0.4 is 5.32 Å². The number of nitrogens with zero attached hydrogens (tertiary/aromatic N) is 4. The molecule has 1 fully saturated rings. The van der Waals surface area contributed by atoms with E-state index in [-0.39, 0.29) is 11.4 Å². The van der Waals surface area contributed by atoms with Gasteiger partial charge in [-0.15, -0.1) is 0 Å². The molecule has 0 radical (unpaired) electrons. The van der Waals surface area contributed by atoms with Crippen molar-refractivity contribution in [3.05, 3.63) is 30.2 Å². The lowest BCUT2D eigenvalue weighted by molar-refractivity contribution is 0.0659. The number of likely N-dealkylation sites (tertiary alicyclic amines) is 1. The number of nitrogens with one attached hydrogen (secondary N) is 1. The Morgan fingerprint density at radius 2 is 2.19 bits per heavy atom. The molecule has 0 aromatic carbocycles. The Balaban J connectivity index is 1.75. The summed E-state index contributed by atoms with van der Waals surface area (Å²) >= 11 is 0. The van der Waals surface area contributed by atoms with E-state index in [2.05, 4.69) is 29.2 Å². The average Bonchev–Trinajstić information content (AvgIpc) is 2.91. The van der Waals surface area contributed by atoms with E-state index in [1.54, 1.807) is 29.2 Å². The molecule has 3 heterocycles. The second-order valence-electron chi connectivity index (χ2n) is 5.83. The normalized spacial score (nSPS) is 18.1. The molecule has 0 unspecified atom stereocenters. The van der Waals surface area contributed by atoms with Crippen LogP contribution in [-0.2, 0) is 0 Å². The van der Waals surface area contributed by atoms with Crippen molar-refractivity contribution in [2.24, 2.45) is 0 Å². The van der Waals surface area contributed by atoms with Gasteiger partial charge in [-0.05, 0) is 32.4 Å². The molecule has 2 aromatic heterocycles. The van der Waals surface area contributed by atoms with Gasteiger partial charge in [0, 0.05) is 31.0 Å². The maximum atomic E-state index is 12.7. The summed E-state index contributed by atoms with van der Waals surface area (Å²) in [7, 11) is 0. The predicted octanol–water partition coefficient (Wildman–Crippen LogP) is 1.33. The SMILES string of the molecule is CCNC1(C)CCN(C(=O)c2cnn3cccnc23)CC1. The molecule has 6 nitrogen and oxygen atoms in total. The Morgan fingerprint density at radius 1 is 1.43 bits per heavy atom. The second kappa shape index (κ2) is 5.44. The summed E-state index contributed by atoms with van der Waals surface area (Å²) in [6, 6.07) is 1.80. The third-order valence-corrected chi connectivity index (χ3v) is 4.27. The van der Waals surface area contributed by atoms with Crippen molar-refractivity contribution in [3.8, 4) is 0 Å². The van der Waals surface area contributed by atoms with E-state index in [1.807, 2.05) is 4.90 Å². The van der Waals surface area contributed by atoms with Crippen molar-refractivity contribution < 1.29 is 4.79 Å². The molecule has 1 aliphatic heterocycles. The lowest BCUT2D eigenvalue weighted by Gasteiger charge is -2.39. The summed E-state index contributed by atoms with van der Waals surface area (Å²) < 4.78 is 1.64. The highest BCUT2D eigenvalue weighted by atomic mass is 16.2. The molecule has 0 bridgehead atoms. The summed E-state index contributed by atoms with van der Waals surface area (Å²) in [5.41, 5.74) is 1.36. The zero-order valence-electron chi connectivity index (χ0n) is 12.5. The zero-order valence-corrected chi connectivity index (χ0v) is 12.5. The van der Waals surface area contributed by atoms with E-state index in [1.165, 1.54) is 0 Å². The highest BCUT2D eigenvalue weighted by Gasteiger charge is 2.32. The van der Waals surface area contributed by atoms with Crippen LogP contribution in [0.2, 0.25) is 0 Å². The molecule has 3 rings (SSSR count). The van der Waals surface area contributed by atoms with Gasteiger partial charge in [0.25, 0.3) is 5.91 Å². The Labute approximate surface area is 124 Å². The largest absolute Gasteiger partial charge is 0.338 e. The fourth-order valence-electron chi connectivity index (χ4n) is 2.96. The third-order valence-electron chi connectivity index (χ3n) is 4.27. The van der Waals surface area contributed by atoms with Crippen LogP contribution in [0.15, 0.2) is 24.7 Å². The molecular weight excluding hydrogens is 266 g/mol. The van der Waals surface area contributed by atoms with Gasteiger partial charge in [-0.1, -0.05) is 6.92 Å². The molecule has 0 saturated carbocycles. The van der Waals surface area contributed by atoms with Gasteiger partial charge in [0.1, 0.15) is 5.56 Å². The molecule has 0 spiro atoms. The lowest BCUT2D eigenvalue weighted by Crippen LogP contribution is -2.52. The van der Waals surface area contributed by atoms with Gasteiger partial charge >= 0.3 is 0 Å². The van der Waals surface area contributed by atoms with Gasteiger partial charge < -0.3 is 10.2 Å². The van der Waals surface area contributed by atoms with Crippen molar-refractivity contribution in [2.45, 2.75) is 32.2 Å². The number of amides is 1. The number of rotatable bonds is 3. The molecule has 0 aliphatic carbocycles. The molecule has 112 valence electrons. The van der Waals surface area contributed by atoms with Crippen LogP contribution in [0.5, 0.6) is 0 Å². The van der Waals surface area contributed by atoms with Gasteiger partial charge in [0.15, 0.2) is 5.65 Å². The Bertz CT molecular complexity index is 642. The molecule has 21 heavy (non-hydrogen) atoms. The number of carbonyl (C=O) groups excluding carboxylic acids is 1. The van der Waals surface area contributed by atoms with E-state index < -0.39 is 0 Å². The fraction of sp³-hybridized carbons (Fsp3) is 0.533. The number of carbonyl (C=O) groups is 1. The molecule has 2 aromatic rings. The molecule has 1 saturated heterocycles. The maximum Gasteiger partial charge on any atom is 0.259 e. The molecule has 1 N–H and O–H groups in total. The summed E-state index contributed by atoms with van der Waals surface area (Å²) in [6.07, 6.45) is 7.05. The van der Waals surface area contributed by atoms with E-state index >= 15 is 0 Å². The summed E-state index contributed by atoms with van der Waals surface area (Å²) in [5, 5.41) is 7.70. The smallest absolute Gasteiger partial charge is 0.259 e. The van der Waals surface area contributed by atoms with Crippen LogP contribution in [0.3, 0.4) is 0 Å². The Kier molecular flexibility index (Phi) is 3.63. The van der Waals surface area contributed by atoms with Gasteiger partial charge in [-0.3, -0.25) is 4.79 Å². The number of piperidine rings is 1. The van der Waals surface area contributed by atoms with Crippen molar-refractivity contribution in [1.29, 1.82) is 0 Å². The summed E-state index contributed by atoms with van der Waals surface area (Å²) in [6.45, 7) is 6.85. The first kappa shape index (κ1) is 14.0. The van der Waals surface area contributed by atoms with Crippen LogP contribution in [0.1, 0.15) is 37.0 Å². The first-order valence-electron chi connectivity index (χ1n) is 7.46. The molecule has 1 amide bonds. The second-order valence-corrected chi connectivity index (χ2v) is 5.83. The minimum atomic E-state index is 0.0299. The lowest BCUT2D eigenvalue weighted by atomic mass is 9.89. The highest BCUT2D eigenvalue weighted by molar-refractivity contribution is 5.99. The Hall–Kier alpha value is -1.95. The van der Waals surface area contributed by atoms with Crippen LogP contribution in [0.25, 0.3) is 5.65 Å². The van der Waals surface area contributed by atoms with Crippen molar-refractivity contribution >= 4 is 11.6 Å². The molecule has 0 atom stereocenters. The summed E-state index contributed by atoms with van der Waals surface area (Å²) in [5.74, 6) is 0.0299. The highest BCUT2D eigenvalue weighted by Crippen LogP contribution is 2.23. The topological polar surface area (TPSA) is 62.5 Å². The van der Waals surface area contributed by atoms with E-state index in [0.29, 0.717) is 11.2 Å². The first-order chi connectivity index (χ1) is 10.1. The van der Waals surface area contributed by atoms with Crippen molar-refractivity contribution in [1.82, 2.24) is 24.8 Å². The van der Waals surface area contributed by atoms with Crippen LogP contribution in [0.4, 0.5) is 0 Å². The summed E-state index contributed by atoms with van der Waals surface area (Å²) in [4.78, 5) is 18.8. The number of hydrogen-bond donors (Lipinski definition) is 1. The van der Waals surface area contributed by atoms with Crippen LogP contribution in [-0.4, -0.2) is 50.6 Å². The number of fused-ring (bicyclic) bond motifs is 1. The maximum absolute atomic E-state index is 12.7. The van der Waals surface area contributed by atoms with E-state index in [4.69, 9.17) is 0 Å². The number of hydrogen-bond acceptors (Lipinski definition) is 4. The van der Waals surface area contributed by atoms with Crippen molar-refractivity contribution in [3.63, 3.8) is 0 Å². The fourth-order valence-corrected chi connectivity index (χ4v) is 2.96. The average molecular weight is 287 g/mol. The minimum Gasteiger partial charge on any atom is -0.338 e. The zero-order chi connectivity index (χ0) is 14.9. The third kappa shape index (κ3) is 2.63. The van der Waals surface area contributed by atoms with Gasteiger partial charge in [-0.25, -0.2) is 9.50 Å². The van der Waals surface area contributed by atoms with Gasteiger partial charge in [0.2, 0.25) is 0 Å². The quantitative estimate of drug-likeness (QED) is 0.925.